The van der Waals surface area contributed by atoms with E-state index < -0.39 is 0 Å². The van der Waals surface area contributed by atoms with Crippen LogP contribution in [0.3, 0.4) is 0 Å². The van der Waals surface area contributed by atoms with Crippen molar-refractivity contribution in [1.82, 2.24) is 16.2 Å². The largest absolute Gasteiger partial charge is 0.395 e. The van der Waals surface area contributed by atoms with Crippen molar-refractivity contribution in [2.45, 2.75) is 18.4 Å². The third kappa shape index (κ3) is 2.75. The minimum absolute atomic E-state index is 0.218. The topological polar surface area (TPSA) is 56.3 Å². The second-order valence-corrected chi connectivity index (χ2v) is 3.06. The van der Waals surface area contributed by atoms with Gasteiger partial charge in [-0.25, -0.2) is 0 Å². The quantitative estimate of drug-likeness (QED) is 0.291. The summed E-state index contributed by atoms with van der Waals surface area (Å²) in [4.78, 5) is 0. The van der Waals surface area contributed by atoms with Crippen LogP contribution in [0.1, 0.15) is 12.8 Å². The molecule has 0 aliphatic heterocycles. The van der Waals surface area contributed by atoms with Crippen LogP contribution in [0.15, 0.2) is 0 Å². The average Bonchev–Trinajstić information content (AvgIpc) is 2.71. The normalized spacial score (nSPS) is 20.2. The maximum Gasteiger partial charge on any atom is 0.0555 e. The second-order valence-electron chi connectivity index (χ2n) is 3.06. The van der Waals surface area contributed by atoms with Gasteiger partial charge in [0.25, 0.3) is 0 Å². The molecule has 1 aliphatic carbocycles. The lowest BCUT2D eigenvalue weighted by atomic mass is 10.3. The van der Waals surface area contributed by atoms with Crippen LogP contribution in [-0.2, 0) is 0 Å². The Kier molecular flexibility index (Phi) is 3.26. The van der Waals surface area contributed by atoms with E-state index in [0.717, 1.165) is 6.54 Å². The lowest BCUT2D eigenvalue weighted by Crippen LogP contribution is -2.47. The molecule has 1 rings (SSSR count). The van der Waals surface area contributed by atoms with E-state index in [-0.39, 0.29) is 12.1 Å². The summed E-state index contributed by atoms with van der Waals surface area (Å²) < 4.78 is 0. The number of hydrogen-bond donors (Lipinski definition) is 4. The Bertz CT molecular complexity index is 114. The van der Waals surface area contributed by atoms with Crippen LogP contribution < -0.4 is 16.2 Å². The lowest BCUT2D eigenvalue weighted by Gasteiger charge is -2.16. The maximum absolute atomic E-state index is 8.51. The molecular weight excluding hydrogens is 142 g/mol. The van der Waals surface area contributed by atoms with Gasteiger partial charge in [-0.05, 0) is 19.9 Å². The Balaban J connectivity index is 2.04. The zero-order chi connectivity index (χ0) is 8.16. The first-order valence-electron chi connectivity index (χ1n) is 4.08. The van der Waals surface area contributed by atoms with Crippen LogP contribution in [0.2, 0.25) is 0 Å². The summed E-state index contributed by atoms with van der Waals surface area (Å²) in [6.45, 7) is 1.84. The number of hydrogen-bond acceptors (Lipinski definition) is 4. The molecule has 0 heterocycles. The Labute approximate surface area is 67.3 Å². The minimum atomic E-state index is 0.218. The predicted molar refractivity (Wildman–Crippen MR) is 44.1 cm³/mol. The molecule has 4 nitrogen and oxygen atoms in total. The number of aliphatic hydroxyl groups is 1. The highest BCUT2D eigenvalue weighted by Gasteiger charge is 2.41. The highest BCUT2D eigenvalue weighted by Crippen LogP contribution is 2.33. The minimum Gasteiger partial charge on any atom is -0.395 e. The van der Waals surface area contributed by atoms with Gasteiger partial charge in [0.2, 0.25) is 0 Å². The van der Waals surface area contributed by atoms with Crippen molar-refractivity contribution in [3.05, 3.63) is 0 Å². The van der Waals surface area contributed by atoms with Crippen LogP contribution in [0.25, 0.3) is 0 Å². The standard InChI is InChI=1S/C7H17N3O/c1-8-10-7(2-3-7)6-9-4-5-11/h8-11H,2-6H2,1H3. The summed E-state index contributed by atoms with van der Waals surface area (Å²) in [6, 6.07) is 0. The molecule has 11 heavy (non-hydrogen) atoms. The highest BCUT2D eigenvalue weighted by molar-refractivity contribution is 5.02. The van der Waals surface area contributed by atoms with Gasteiger partial charge in [-0.1, -0.05) is 0 Å². The van der Waals surface area contributed by atoms with Crippen molar-refractivity contribution in [3.8, 4) is 0 Å². The molecule has 0 spiro atoms. The fourth-order valence-electron chi connectivity index (χ4n) is 1.17. The molecule has 66 valence electrons. The Morgan fingerprint density at radius 1 is 1.45 bits per heavy atom. The summed E-state index contributed by atoms with van der Waals surface area (Å²) in [5.74, 6) is 0. The van der Waals surface area contributed by atoms with E-state index in [4.69, 9.17) is 5.11 Å². The Hall–Kier alpha value is -0.160. The van der Waals surface area contributed by atoms with E-state index in [2.05, 4.69) is 16.2 Å². The monoisotopic (exact) mass is 159 g/mol. The molecule has 4 heteroatoms. The molecule has 0 aromatic carbocycles. The summed E-state index contributed by atoms with van der Waals surface area (Å²) in [5, 5.41) is 11.7. The number of aliphatic hydroxyl groups excluding tert-OH is 1. The summed E-state index contributed by atoms with van der Waals surface area (Å²) in [7, 11) is 1.88. The molecule has 0 amide bonds. The van der Waals surface area contributed by atoms with E-state index in [9.17, 15) is 0 Å². The molecular formula is C7H17N3O. The van der Waals surface area contributed by atoms with E-state index in [1.54, 1.807) is 0 Å². The highest BCUT2D eigenvalue weighted by atomic mass is 16.3. The van der Waals surface area contributed by atoms with Gasteiger partial charge in [-0.2, -0.15) is 0 Å². The molecule has 0 unspecified atom stereocenters. The third-order valence-electron chi connectivity index (χ3n) is 2.00. The fraction of sp³-hybridized carbons (Fsp3) is 1.00. The van der Waals surface area contributed by atoms with E-state index in [0.29, 0.717) is 6.54 Å². The number of hydrazine groups is 1. The summed E-state index contributed by atoms with van der Waals surface area (Å²) >= 11 is 0. The van der Waals surface area contributed by atoms with Crippen LogP contribution in [0.4, 0.5) is 0 Å². The summed E-state index contributed by atoms with van der Waals surface area (Å²) in [5.41, 5.74) is 6.41. The van der Waals surface area contributed by atoms with Crippen LogP contribution in [0.5, 0.6) is 0 Å². The Morgan fingerprint density at radius 3 is 2.64 bits per heavy atom. The Morgan fingerprint density at radius 2 is 2.18 bits per heavy atom. The first-order chi connectivity index (χ1) is 5.33. The van der Waals surface area contributed by atoms with Crippen molar-refractivity contribution >= 4 is 0 Å². The van der Waals surface area contributed by atoms with Gasteiger partial charge in [0.15, 0.2) is 0 Å². The van der Waals surface area contributed by atoms with E-state index in [1.165, 1.54) is 12.8 Å². The van der Waals surface area contributed by atoms with Crippen LogP contribution in [0, 0.1) is 0 Å². The van der Waals surface area contributed by atoms with Crippen molar-refractivity contribution < 1.29 is 5.11 Å². The van der Waals surface area contributed by atoms with Gasteiger partial charge in [0.1, 0.15) is 0 Å². The smallest absolute Gasteiger partial charge is 0.0555 e. The molecule has 1 aliphatic rings. The fourth-order valence-corrected chi connectivity index (χ4v) is 1.17. The first-order valence-corrected chi connectivity index (χ1v) is 4.08. The van der Waals surface area contributed by atoms with Gasteiger partial charge >= 0.3 is 0 Å². The van der Waals surface area contributed by atoms with Crippen molar-refractivity contribution in [2.24, 2.45) is 0 Å². The zero-order valence-electron chi connectivity index (χ0n) is 6.98. The molecule has 0 saturated heterocycles. The maximum atomic E-state index is 8.51. The molecule has 1 saturated carbocycles. The first kappa shape index (κ1) is 8.93. The van der Waals surface area contributed by atoms with Crippen molar-refractivity contribution in [3.63, 3.8) is 0 Å². The number of nitrogens with one attached hydrogen (secondary N) is 3. The molecule has 1 fully saturated rings. The van der Waals surface area contributed by atoms with Crippen LogP contribution in [-0.4, -0.2) is 37.4 Å². The number of rotatable bonds is 6. The van der Waals surface area contributed by atoms with Crippen LogP contribution >= 0.6 is 0 Å². The van der Waals surface area contributed by atoms with E-state index >= 15 is 0 Å². The molecule has 4 N–H and O–H groups in total. The van der Waals surface area contributed by atoms with Crippen molar-refractivity contribution in [2.75, 3.05) is 26.7 Å². The molecule has 0 aromatic heterocycles. The molecule has 0 aromatic rings. The van der Waals surface area contributed by atoms with Gasteiger partial charge in [0.05, 0.1) is 6.61 Å². The summed E-state index contributed by atoms with van der Waals surface area (Å²) in [6.07, 6.45) is 2.43. The molecule has 0 radical (unpaired) electrons. The van der Waals surface area contributed by atoms with Gasteiger partial charge < -0.3 is 10.4 Å². The lowest BCUT2D eigenvalue weighted by molar-refractivity contribution is 0.286. The zero-order valence-corrected chi connectivity index (χ0v) is 6.98. The van der Waals surface area contributed by atoms with E-state index in [1.807, 2.05) is 7.05 Å². The molecule has 0 atom stereocenters. The van der Waals surface area contributed by atoms with Gasteiger partial charge in [0, 0.05) is 18.6 Å². The SMILES string of the molecule is CNNC1(CNCCO)CC1. The average molecular weight is 159 g/mol. The third-order valence-corrected chi connectivity index (χ3v) is 2.00. The predicted octanol–water partition coefficient (Wildman–Crippen LogP) is -1.18. The molecule has 0 bridgehead atoms. The van der Waals surface area contributed by atoms with Gasteiger partial charge in [-0.3, -0.25) is 10.9 Å². The van der Waals surface area contributed by atoms with Crippen molar-refractivity contribution in [1.29, 1.82) is 0 Å². The van der Waals surface area contributed by atoms with Gasteiger partial charge in [-0.15, -0.1) is 0 Å². The second kappa shape index (κ2) is 4.01.